The first-order chi connectivity index (χ1) is 29.2. The Morgan fingerprint density at radius 1 is 0.424 bits per heavy atom. The van der Waals surface area contributed by atoms with Gasteiger partial charge in [-0.15, -0.1) is 0 Å². The molecule has 9 aromatic carbocycles. The predicted octanol–water partition coefficient (Wildman–Crippen LogP) is 13.8. The molecule has 0 N–H and O–H groups in total. The van der Waals surface area contributed by atoms with Crippen LogP contribution in [0.4, 0.5) is 0 Å². The minimum absolute atomic E-state index is 0.516. The Bertz CT molecular complexity index is 3540. The van der Waals surface area contributed by atoms with Crippen molar-refractivity contribution < 1.29 is 4.42 Å². The number of aromatic nitrogens is 3. The molecule has 0 atom stereocenters. The standard InChI is InChI=1S/C55H33N3O/c1-3-19-39(20-4-1)55(40-21-5-2-6-22-40)46-25-13-11-23-41(46)42-28-27-38(31-47(42)55)51-53(56-52-43-24-12-14-26-50(43)59-54(52)57-51)58-48-32-36-17-9-7-15-34(36)29-44(48)45-30-35-16-8-10-18-37(35)33-49(45)58/h1-33H. The number of fused-ring (bicyclic) bond motifs is 11. The summed E-state index contributed by atoms with van der Waals surface area (Å²) >= 11 is 0. The van der Waals surface area contributed by atoms with E-state index < -0.39 is 5.41 Å². The predicted molar refractivity (Wildman–Crippen MR) is 241 cm³/mol. The van der Waals surface area contributed by atoms with Crippen molar-refractivity contribution in [3.63, 3.8) is 0 Å². The van der Waals surface area contributed by atoms with Gasteiger partial charge in [0.2, 0.25) is 5.71 Å². The molecule has 0 unspecified atom stereocenters. The lowest BCUT2D eigenvalue weighted by Gasteiger charge is -2.34. The molecule has 12 aromatic rings. The van der Waals surface area contributed by atoms with Crippen molar-refractivity contribution in [1.29, 1.82) is 0 Å². The molecule has 1 aliphatic carbocycles. The SMILES string of the molecule is c1ccc(C2(c3ccccc3)c3ccccc3-c3ccc(-c4nc5oc6ccccc6c5nc4-n4c5cc6ccccc6cc5c5cc6ccccc6cc54)cc32)cc1. The van der Waals surface area contributed by atoms with Gasteiger partial charge in [-0.2, -0.15) is 0 Å². The zero-order valence-corrected chi connectivity index (χ0v) is 31.8. The van der Waals surface area contributed by atoms with E-state index >= 15 is 0 Å². The van der Waals surface area contributed by atoms with Crippen LogP contribution >= 0.6 is 0 Å². The lowest BCUT2D eigenvalue weighted by Crippen LogP contribution is -2.28. The Morgan fingerprint density at radius 3 is 1.63 bits per heavy atom. The summed E-state index contributed by atoms with van der Waals surface area (Å²) in [7, 11) is 0. The van der Waals surface area contributed by atoms with Crippen LogP contribution in [-0.4, -0.2) is 14.5 Å². The van der Waals surface area contributed by atoms with Crippen LogP contribution < -0.4 is 0 Å². The molecule has 0 amide bonds. The first-order valence-electron chi connectivity index (χ1n) is 20.2. The zero-order chi connectivity index (χ0) is 38.7. The van der Waals surface area contributed by atoms with Crippen LogP contribution in [0.5, 0.6) is 0 Å². The van der Waals surface area contributed by atoms with Crippen LogP contribution in [0.2, 0.25) is 0 Å². The monoisotopic (exact) mass is 751 g/mol. The molecular weight excluding hydrogens is 719 g/mol. The van der Waals surface area contributed by atoms with Crippen LogP contribution in [0.3, 0.4) is 0 Å². The maximum atomic E-state index is 6.52. The Morgan fingerprint density at radius 2 is 0.966 bits per heavy atom. The fourth-order valence-electron chi connectivity index (χ4n) is 10.1. The highest BCUT2D eigenvalue weighted by Crippen LogP contribution is 2.57. The third-order valence-corrected chi connectivity index (χ3v) is 12.6. The van der Waals surface area contributed by atoms with E-state index in [2.05, 4.69) is 187 Å². The van der Waals surface area contributed by atoms with Gasteiger partial charge >= 0.3 is 0 Å². The second-order valence-electron chi connectivity index (χ2n) is 15.7. The molecule has 0 radical (unpaired) electrons. The summed E-state index contributed by atoms with van der Waals surface area (Å²) in [5.41, 5.74) is 12.7. The van der Waals surface area contributed by atoms with Crippen molar-refractivity contribution in [3.8, 4) is 28.2 Å². The molecule has 59 heavy (non-hydrogen) atoms. The minimum Gasteiger partial charge on any atom is -0.436 e. The summed E-state index contributed by atoms with van der Waals surface area (Å²) in [4.78, 5) is 11.1. The summed E-state index contributed by atoms with van der Waals surface area (Å²) in [6.07, 6.45) is 0. The lowest BCUT2D eigenvalue weighted by atomic mass is 9.67. The van der Waals surface area contributed by atoms with Gasteiger partial charge < -0.3 is 4.42 Å². The van der Waals surface area contributed by atoms with E-state index in [1.807, 2.05) is 18.2 Å². The maximum absolute atomic E-state index is 6.52. The van der Waals surface area contributed by atoms with Crippen LogP contribution in [0, 0.1) is 0 Å². The maximum Gasteiger partial charge on any atom is 0.247 e. The molecule has 13 rings (SSSR count). The topological polar surface area (TPSA) is 43.9 Å². The van der Waals surface area contributed by atoms with Gasteiger partial charge in [0.15, 0.2) is 5.82 Å². The van der Waals surface area contributed by atoms with Crippen molar-refractivity contribution in [1.82, 2.24) is 14.5 Å². The minimum atomic E-state index is -0.563. The molecule has 0 saturated carbocycles. The quantitative estimate of drug-likeness (QED) is 0.180. The molecule has 0 bridgehead atoms. The third-order valence-electron chi connectivity index (χ3n) is 12.6. The van der Waals surface area contributed by atoms with E-state index in [1.54, 1.807) is 0 Å². The van der Waals surface area contributed by atoms with Gasteiger partial charge in [-0.1, -0.05) is 158 Å². The van der Waals surface area contributed by atoms with Gasteiger partial charge in [-0.3, -0.25) is 4.57 Å². The van der Waals surface area contributed by atoms with Crippen molar-refractivity contribution in [2.24, 2.45) is 0 Å². The second kappa shape index (κ2) is 12.1. The summed E-state index contributed by atoms with van der Waals surface area (Å²) in [5.74, 6) is 0.759. The summed E-state index contributed by atoms with van der Waals surface area (Å²) in [6, 6.07) is 72.3. The Kier molecular flexibility index (Phi) is 6.62. The largest absolute Gasteiger partial charge is 0.436 e. The fraction of sp³-hybridized carbons (Fsp3) is 0.0182. The summed E-state index contributed by atoms with van der Waals surface area (Å²) < 4.78 is 8.86. The van der Waals surface area contributed by atoms with Gasteiger partial charge in [-0.25, -0.2) is 9.97 Å². The fourth-order valence-corrected chi connectivity index (χ4v) is 10.1. The molecule has 0 aliphatic heterocycles. The van der Waals surface area contributed by atoms with Crippen LogP contribution in [0.25, 0.3) is 93.8 Å². The van der Waals surface area contributed by atoms with E-state index in [4.69, 9.17) is 14.4 Å². The van der Waals surface area contributed by atoms with E-state index in [-0.39, 0.29) is 0 Å². The van der Waals surface area contributed by atoms with Gasteiger partial charge in [0.25, 0.3) is 0 Å². The van der Waals surface area contributed by atoms with Crippen molar-refractivity contribution in [3.05, 3.63) is 222 Å². The van der Waals surface area contributed by atoms with Crippen molar-refractivity contribution in [2.45, 2.75) is 5.41 Å². The second-order valence-corrected chi connectivity index (χ2v) is 15.7. The molecule has 4 heteroatoms. The smallest absolute Gasteiger partial charge is 0.247 e. The summed E-state index contributed by atoms with van der Waals surface area (Å²) in [5, 5.41) is 8.03. The van der Waals surface area contributed by atoms with Crippen LogP contribution in [0.1, 0.15) is 22.3 Å². The highest BCUT2D eigenvalue weighted by molar-refractivity contribution is 6.17. The molecule has 1 aliphatic rings. The molecule has 0 spiro atoms. The lowest BCUT2D eigenvalue weighted by molar-refractivity contribution is 0.653. The van der Waals surface area contributed by atoms with Crippen LogP contribution in [0.15, 0.2) is 205 Å². The van der Waals surface area contributed by atoms with E-state index in [9.17, 15) is 0 Å². The Hall–Kier alpha value is -7.82. The highest BCUT2D eigenvalue weighted by Gasteiger charge is 2.46. The van der Waals surface area contributed by atoms with Gasteiger partial charge in [0, 0.05) is 21.7 Å². The average Bonchev–Trinajstić information content (AvgIpc) is 3.92. The first-order valence-corrected chi connectivity index (χ1v) is 20.2. The van der Waals surface area contributed by atoms with E-state index in [1.165, 1.54) is 65.7 Å². The van der Waals surface area contributed by atoms with Gasteiger partial charge in [-0.05, 0) is 97.4 Å². The Labute approximate surface area is 339 Å². The molecular formula is C55H33N3O. The average molecular weight is 752 g/mol. The Balaban J connectivity index is 1.17. The summed E-state index contributed by atoms with van der Waals surface area (Å²) in [6.45, 7) is 0. The number of hydrogen-bond donors (Lipinski definition) is 0. The van der Waals surface area contributed by atoms with Crippen molar-refractivity contribution in [2.75, 3.05) is 0 Å². The van der Waals surface area contributed by atoms with E-state index in [0.29, 0.717) is 5.71 Å². The molecule has 3 heterocycles. The van der Waals surface area contributed by atoms with E-state index in [0.717, 1.165) is 44.6 Å². The third kappa shape index (κ3) is 4.48. The number of para-hydroxylation sites is 1. The number of hydrogen-bond acceptors (Lipinski definition) is 3. The number of nitrogens with zero attached hydrogens (tertiary/aromatic N) is 3. The van der Waals surface area contributed by atoms with Gasteiger partial charge in [0.1, 0.15) is 16.8 Å². The number of benzene rings is 9. The molecule has 4 nitrogen and oxygen atoms in total. The number of furan rings is 1. The molecule has 0 fully saturated rings. The zero-order valence-electron chi connectivity index (χ0n) is 31.8. The molecule has 0 saturated heterocycles. The molecule has 3 aromatic heterocycles. The molecule has 274 valence electrons. The van der Waals surface area contributed by atoms with Gasteiger partial charge in [0.05, 0.1) is 16.4 Å². The first kappa shape index (κ1) is 32.3. The van der Waals surface area contributed by atoms with Crippen LogP contribution in [-0.2, 0) is 5.41 Å². The normalized spacial score (nSPS) is 13.2. The highest BCUT2D eigenvalue weighted by atomic mass is 16.3. The van der Waals surface area contributed by atoms with Crippen molar-refractivity contribution >= 4 is 65.6 Å². The number of rotatable bonds is 4.